The van der Waals surface area contributed by atoms with Gasteiger partial charge in [-0.25, -0.2) is 19.0 Å². The van der Waals surface area contributed by atoms with E-state index in [2.05, 4.69) is 9.98 Å². The number of aromatic nitrogens is 1. The third kappa shape index (κ3) is 6.60. The monoisotopic (exact) mass is 574 g/mol. The highest BCUT2D eigenvalue weighted by molar-refractivity contribution is 7.96. The van der Waals surface area contributed by atoms with Crippen molar-refractivity contribution in [2.75, 3.05) is 26.5 Å². The van der Waals surface area contributed by atoms with Gasteiger partial charge in [0.2, 0.25) is 0 Å². The number of benzene rings is 2. The molecule has 3 aromatic rings. The lowest BCUT2D eigenvalue weighted by atomic mass is 10.1. The van der Waals surface area contributed by atoms with Crippen molar-refractivity contribution in [3.8, 4) is 0 Å². The van der Waals surface area contributed by atoms with Crippen molar-refractivity contribution in [1.29, 1.82) is 0 Å². The van der Waals surface area contributed by atoms with E-state index in [0.29, 0.717) is 29.1 Å². The van der Waals surface area contributed by atoms with Crippen LogP contribution in [0.4, 0.5) is 4.39 Å². The van der Waals surface area contributed by atoms with E-state index in [-0.39, 0.29) is 18.4 Å². The summed E-state index contributed by atoms with van der Waals surface area (Å²) in [5.41, 5.74) is 1.84. The number of methoxy groups -OCH3 is 1. The van der Waals surface area contributed by atoms with Gasteiger partial charge in [-0.2, -0.15) is 0 Å². The molecular weight excluding hydrogens is 551 g/mol. The average molecular weight is 575 g/mol. The predicted molar refractivity (Wildman–Crippen MR) is 146 cm³/mol. The molecule has 8 nitrogen and oxygen atoms in total. The van der Waals surface area contributed by atoms with Crippen molar-refractivity contribution < 1.29 is 23.6 Å². The molecule has 0 spiro atoms. The molecule has 0 N–H and O–H groups in total. The maximum atomic E-state index is 12.5. The lowest BCUT2D eigenvalue weighted by Crippen LogP contribution is -2.38. The highest BCUT2D eigenvalue weighted by Gasteiger charge is 2.41. The fourth-order valence-electron chi connectivity index (χ4n) is 3.94. The van der Waals surface area contributed by atoms with Crippen molar-refractivity contribution >= 4 is 52.7 Å². The standard InChI is InChI=1S/C20H20N4O4S2.C6H4ClF/c1-27-20(26)15-11-22-17(18-21-8-9-30-18)23-12-14(10-16(15)23)24(29-2)28-19(25)13-6-4-3-5-7-13;7-5-2-1-3-6(8)4-5/h3-9,14H,10-12H2,1-2H3;1-4H. The van der Waals surface area contributed by atoms with E-state index in [1.165, 1.54) is 42.5 Å². The Labute approximate surface area is 232 Å². The minimum absolute atomic E-state index is 0.161. The van der Waals surface area contributed by atoms with Crippen LogP contribution in [0.1, 0.15) is 21.8 Å². The maximum absolute atomic E-state index is 12.5. The Morgan fingerprint density at radius 3 is 2.58 bits per heavy atom. The van der Waals surface area contributed by atoms with Crippen LogP contribution in [0.25, 0.3) is 0 Å². The fourth-order valence-corrected chi connectivity index (χ4v) is 5.35. The molecule has 0 aliphatic carbocycles. The van der Waals surface area contributed by atoms with Crippen LogP contribution < -0.4 is 0 Å². The highest BCUT2D eigenvalue weighted by Crippen LogP contribution is 2.35. The second kappa shape index (κ2) is 13.0. The van der Waals surface area contributed by atoms with Crippen LogP contribution in [0.15, 0.2) is 82.4 Å². The Morgan fingerprint density at radius 1 is 1.18 bits per heavy atom. The molecule has 1 atom stereocenters. The van der Waals surface area contributed by atoms with Gasteiger partial charge in [-0.05, 0) is 48.5 Å². The Kier molecular flexibility index (Phi) is 9.51. The summed E-state index contributed by atoms with van der Waals surface area (Å²) in [5.74, 6) is -0.386. The Bertz CT molecular complexity index is 1320. The summed E-state index contributed by atoms with van der Waals surface area (Å²) >= 11 is 8.22. The number of aliphatic imine (C=N–C) groups is 1. The molecule has 3 heterocycles. The van der Waals surface area contributed by atoms with Gasteiger partial charge in [-0.3, -0.25) is 4.99 Å². The van der Waals surface area contributed by atoms with E-state index in [9.17, 15) is 14.0 Å². The molecule has 0 bridgehead atoms. The second-order valence-electron chi connectivity index (χ2n) is 8.02. The number of fused-ring (bicyclic) bond motifs is 1. The summed E-state index contributed by atoms with van der Waals surface area (Å²) in [6, 6.07) is 14.5. The number of hydrogen-bond acceptors (Lipinski definition) is 10. The summed E-state index contributed by atoms with van der Waals surface area (Å²) in [6.45, 7) is 0.750. The van der Waals surface area contributed by atoms with E-state index in [4.69, 9.17) is 21.2 Å². The summed E-state index contributed by atoms with van der Waals surface area (Å²) < 4.78 is 18.6. The van der Waals surface area contributed by atoms with Crippen molar-refractivity contribution in [2.45, 2.75) is 12.5 Å². The first-order chi connectivity index (χ1) is 18.4. The Morgan fingerprint density at radius 2 is 1.97 bits per heavy atom. The third-order valence-electron chi connectivity index (χ3n) is 5.64. The number of rotatable bonds is 6. The molecule has 1 unspecified atom stereocenters. The van der Waals surface area contributed by atoms with Gasteiger partial charge in [0, 0.05) is 35.3 Å². The number of halogens is 2. The number of carbonyl (C=O) groups is 2. The number of hydrogen-bond donors (Lipinski definition) is 0. The molecule has 5 rings (SSSR count). The summed E-state index contributed by atoms with van der Waals surface area (Å²) in [6.07, 6.45) is 4.10. The van der Waals surface area contributed by atoms with Gasteiger partial charge in [0.15, 0.2) is 10.8 Å². The molecule has 198 valence electrons. The van der Waals surface area contributed by atoms with Crippen molar-refractivity contribution in [3.63, 3.8) is 0 Å². The molecule has 12 heteroatoms. The zero-order valence-electron chi connectivity index (χ0n) is 20.5. The van der Waals surface area contributed by atoms with Crippen LogP contribution in [-0.2, 0) is 14.4 Å². The first kappa shape index (κ1) is 27.8. The topological polar surface area (TPSA) is 84.3 Å². The summed E-state index contributed by atoms with van der Waals surface area (Å²) in [4.78, 5) is 41.5. The lowest BCUT2D eigenvalue weighted by molar-refractivity contribution is -0.136. The van der Waals surface area contributed by atoms with Gasteiger partial charge in [-0.1, -0.05) is 40.3 Å². The third-order valence-corrected chi connectivity index (χ3v) is 7.38. The smallest absolute Gasteiger partial charge is 0.357 e. The quantitative estimate of drug-likeness (QED) is 0.225. The molecule has 2 aliphatic rings. The molecule has 2 aromatic carbocycles. The number of esters is 1. The molecular formula is C26H24ClFN4O4S2. The number of thiazole rings is 1. The minimum Gasteiger partial charge on any atom is -0.466 e. The Balaban J connectivity index is 0.000000360. The SMILES string of the molecule is COC(=O)C1=C2CC(N(OC(=O)c3ccccc3)SC)CN2C(c2nccs2)=NC1.Fc1cccc(Cl)c1. The van der Waals surface area contributed by atoms with Crippen LogP contribution >= 0.6 is 34.9 Å². The largest absolute Gasteiger partial charge is 0.466 e. The number of nitrogens with zero attached hydrogens (tertiary/aromatic N) is 4. The Hall–Kier alpha value is -3.25. The van der Waals surface area contributed by atoms with E-state index < -0.39 is 11.9 Å². The number of hydroxylamine groups is 1. The van der Waals surface area contributed by atoms with Crippen LogP contribution in [0.5, 0.6) is 0 Å². The predicted octanol–water partition coefficient (Wildman–Crippen LogP) is 5.24. The molecule has 38 heavy (non-hydrogen) atoms. The molecule has 2 aliphatic heterocycles. The van der Waals surface area contributed by atoms with Gasteiger partial charge in [0.1, 0.15) is 5.82 Å². The van der Waals surface area contributed by atoms with Gasteiger partial charge >= 0.3 is 11.9 Å². The molecule has 0 radical (unpaired) electrons. The zero-order valence-corrected chi connectivity index (χ0v) is 22.9. The van der Waals surface area contributed by atoms with E-state index in [1.807, 2.05) is 22.6 Å². The van der Waals surface area contributed by atoms with Crippen LogP contribution in [0.3, 0.4) is 0 Å². The number of amidine groups is 1. The second-order valence-corrected chi connectivity index (χ2v) is 10.1. The van der Waals surface area contributed by atoms with Gasteiger partial charge in [0.05, 0.1) is 30.8 Å². The molecule has 1 saturated heterocycles. The lowest BCUT2D eigenvalue weighted by Gasteiger charge is -2.27. The minimum atomic E-state index is -0.425. The van der Waals surface area contributed by atoms with Crippen molar-refractivity contribution in [2.24, 2.45) is 4.99 Å². The first-order valence-corrected chi connectivity index (χ1v) is 13.9. The maximum Gasteiger partial charge on any atom is 0.357 e. The zero-order chi connectivity index (χ0) is 27.1. The normalized spacial score (nSPS) is 16.4. The van der Waals surface area contributed by atoms with Gasteiger partial charge in [-0.15, -0.1) is 11.3 Å². The first-order valence-electron chi connectivity index (χ1n) is 11.4. The van der Waals surface area contributed by atoms with E-state index in [0.717, 1.165) is 16.5 Å². The van der Waals surface area contributed by atoms with E-state index >= 15 is 0 Å². The van der Waals surface area contributed by atoms with Gasteiger partial charge in [0.25, 0.3) is 0 Å². The molecule has 0 amide bonds. The van der Waals surface area contributed by atoms with Crippen LogP contribution in [0.2, 0.25) is 5.02 Å². The van der Waals surface area contributed by atoms with Crippen LogP contribution in [0, 0.1) is 5.82 Å². The summed E-state index contributed by atoms with van der Waals surface area (Å²) in [5, 5.41) is 3.11. The highest BCUT2D eigenvalue weighted by atomic mass is 35.5. The van der Waals surface area contributed by atoms with Gasteiger partial charge < -0.3 is 14.5 Å². The van der Waals surface area contributed by atoms with Crippen LogP contribution in [-0.4, -0.2) is 64.6 Å². The number of ether oxygens (including phenoxy) is 1. The average Bonchev–Trinajstić information content (AvgIpc) is 3.62. The van der Waals surface area contributed by atoms with Crippen molar-refractivity contribution in [3.05, 3.63) is 98.9 Å². The van der Waals surface area contributed by atoms with E-state index in [1.54, 1.807) is 47.1 Å². The summed E-state index contributed by atoms with van der Waals surface area (Å²) in [7, 11) is 1.36. The van der Waals surface area contributed by atoms with Crippen molar-refractivity contribution in [1.82, 2.24) is 14.4 Å². The molecule has 1 aromatic heterocycles. The molecule has 1 fully saturated rings. The number of carbonyl (C=O) groups excluding carboxylic acids is 2. The molecule has 0 saturated carbocycles. The fraction of sp³-hybridized carbons (Fsp3) is 0.231.